The Balaban J connectivity index is 2.21. The van der Waals surface area contributed by atoms with E-state index >= 15 is 0 Å². The summed E-state index contributed by atoms with van der Waals surface area (Å²) in [6, 6.07) is 3.74. The zero-order chi connectivity index (χ0) is 10.1. The van der Waals surface area contributed by atoms with Crippen molar-refractivity contribution in [3.8, 4) is 0 Å². The zero-order valence-corrected chi connectivity index (χ0v) is 8.94. The first-order valence-corrected chi connectivity index (χ1v) is 5.56. The fourth-order valence-corrected chi connectivity index (χ4v) is 2.99. The molecule has 2 heterocycles. The van der Waals surface area contributed by atoms with E-state index < -0.39 is 5.97 Å². The van der Waals surface area contributed by atoms with Gasteiger partial charge < -0.3 is 10.4 Å². The molecule has 1 aliphatic rings. The molecule has 2 rings (SSSR count). The average molecular weight is 232 g/mol. The highest BCUT2D eigenvalue weighted by Crippen LogP contribution is 2.34. The van der Waals surface area contributed by atoms with Gasteiger partial charge in [0.15, 0.2) is 0 Å². The molecule has 0 radical (unpaired) electrons. The van der Waals surface area contributed by atoms with Gasteiger partial charge in [-0.1, -0.05) is 11.6 Å². The molecule has 5 heteroatoms. The number of hydrogen-bond donors (Lipinski definition) is 2. The van der Waals surface area contributed by atoms with Crippen LogP contribution in [0.25, 0.3) is 0 Å². The van der Waals surface area contributed by atoms with Crippen molar-refractivity contribution in [1.82, 2.24) is 5.32 Å². The van der Waals surface area contributed by atoms with Crippen molar-refractivity contribution in [2.24, 2.45) is 5.92 Å². The second-order valence-corrected chi connectivity index (χ2v) is 5.10. The molecule has 2 atom stereocenters. The molecule has 0 aliphatic carbocycles. The van der Waals surface area contributed by atoms with Crippen molar-refractivity contribution in [2.75, 3.05) is 13.1 Å². The van der Waals surface area contributed by atoms with Crippen LogP contribution in [0.4, 0.5) is 0 Å². The monoisotopic (exact) mass is 231 g/mol. The minimum atomic E-state index is -0.732. The summed E-state index contributed by atoms with van der Waals surface area (Å²) in [5.74, 6) is -0.973. The third-order valence-electron chi connectivity index (χ3n) is 2.49. The Labute approximate surface area is 90.7 Å². The third-order valence-corrected chi connectivity index (χ3v) is 3.85. The first-order valence-electron chi connectivity index (χ1n) is 4.37. The van der Waals surface area contributed by atoms with E-state index in [4.69, 9.17) is 16.7 Å². The summed E-state index contributed by atoms with van der Waals surface area (Å²) >= 11 is 7.29. The smallest absolute Gasteiger partial charge is 0.308 e. The summed E-state index contributed by atoms with van der Waals surface area (Å²) in [6.45, 7) is 1.28. The van der Waals surface area contributed by atoms with Crippen LogP contribution in [0.15, 0.2) is 12.1 Å². The van der Waals surface area contributed by atoms with Crippen molar-refractivity contribution in [3.05, 3.63) is 21.3 Å². The average Bonchev–Trinajstić information content (AvgIpc) is 2.70. The van der Waals surface area contributed by atoms with Gasteiger partial charge in [0.25, 0.3) is 0 Å². The molecular weight excluding hydrogens is 222 g/mol. The molecule has 2 unspecified atom stereocenters. The van der Waals surface area contributed by atoms with Gasteiger partial charge in [-0.25, -0.2) is 0 Å². The molecule has 0 amide bonds. The molecule has 2 N–H and O–H groups in total. The number of thiophene rings is 1. The van der Waals surface area contributed by atoms with Crippen molar-refractivity contribution >= 4 is 28.9 Å². The Bertz CT molecular complexity index is 352. The number of rotatable bonds is 2. The maximum atomic E-state index is 10.9. The Kier molecular flexibility index (Phi) is 2.76. The fourth-order valence-electron chi connectivity index (χ4n) is 1.76. The van der Waals surface area contributed by atoms with Crippen LogP contribution in [-0.4, -0.2) is 24.2 Å². The van der Waals surface area contributed by atoms with E-state index in [9.17, 15) is 4.79 Å². The van der Waals surface area contributed by atoms with E-state index in [2.05, 4.69) is 5.32 Å². The number of nitrogens with one attached hydrogen (secondary N) is 1. The van der Waals surface area contributed by atoms with E-state index in [-0.39, 0.29) is 11.8 Å². The quantitative estimate of drug-likeness (QED) is 0.816. The lowest BCUT2D eigenvalue weighted by molar-refractivity contribution is -0.141. The number of hydrogen-bond acceptors (Lipinski definition) is 3. The maximum Gasteiger partial charge on any atom is 0.308 e. The normalized spacial score (nSPS) is 26.6. The van der Waals surface area contributed by atoms with E-state index in [1.54, 1.807) is 0 Å². The van der Waals surface area contributed by atoms with Gasteiger partial charge in [-0.15, -0.1) is 11.3 Å². The number of carboxylic acid groups (broad SMARTS) is 1. The predicted octanol–water partition coefficient (Wildman–Crippen LogP) is 1.79. The molecule has 76 valence electrons. The highest BCUT2D eigenvalue weighted by molar-refractivity contribution is 7.16. The summed E-state index contributed by atoms with van der Waals surface area (Å²) in [4.78, 5) is 12.0. The second kappa shape index (κ2) is 3.88. The van der Waals surface area contributed by atoms with Gasteiger partial charge in [-0.2, -0.15) is 0 Å². The largest absolute Gasteiger partial charge is 0.481 e. The van der Waals surface area contributed by atoms with Gasteiger partial charge in [-0.05, 0) is 12.1 Å². The standard InChI is InChI=1S/C9H10ClNO2S/c10-8-2-1-7(14-8)5-3-11-4-6(5)9(12)13/h1-2,5-6,11H,3-4H2,(H,12,13). The van der Waals surface area contributed by atoms with Gasteiger partial charge in [0, 0.05) is 23.9 Å². The summed E-state index contributed by atoms with van der Waals surface area (Å²) in [6.07, 6.45) is 0. The molecule has 1 saturated heterocycles. The van der Waals surface area contributed by atoms with Crippen LogP contribution >= 0.6 is 22.9 Å². The highest BCUT2D eigenvalue weighted by Gasteiger charge is 2.34. The molecule has 0 bridgehead atoms. The predicted molar refractivity (Wildman–Crippen MR) is 56.1 cm³/mol. The molecule has 1 aliphatic heterocycles. The van der Waals surface area contributed by atoms with Crippen LogP contribution in [0, 0.1) is 5.92 Å². The Hall–Kier alpha value is -0.580. The number of carbonyl (C=O) groups is 1. The van der Waals surface area contributed by atoms with Crippen LogP contribution in [0.1, 0.15) is 10.8 Å². The van der Waals surface area contributed by atoms with Crippen molar-refractivity contribution in [2.45, 2.75) is 5.92 Å². The molecule has 14 heavy (non-hydrogen) atoms. The lowest BCUT2D eigenvalue weighted by atomic mass is 9.95. The van der Waals surface area contributed by atoms with Gasteiger partial charge in [-0.3, -0.25) is 4.79 Å². The van der Waals surface area contributed by atoms with Gasteiger partial charge in [0.2, 0.25) is 0 Å². The fraction of sp³-hybridized carbons (Fsp3) is 0.444. The first kappa shape index (κ1) is 9.96. The SMILES string of the molecule is O=C(O)C1CNCC1c1ccc(Cl)s1. The van der Waals surface area contributed by atoms with E-state index in [0.717, 1.165) is 15.8 Å². The molecule has 0 aromatic carbocycles. The maximum absolute atomic E-state index is 10.9. The molecular formula is C9H10ClNO2S. The number of aliphatic carboxylic acids is 1. The first-order chi connectivity index (χ1) is 6.68. The molecule has 0 saturated carbocycles. The summed E-state index contributed by atoms with van der Waals surface area (Å²) in [5, 5.41) is 12.1. The molecule has 1 aromatic rings. The van der Waals surface area contributed by atoms with Crippen LogP contribution in [0.2, 0.25) is 4.34 Å². The zero-order valence-electron chi connectivity index (χ0n) is 7.37. The van der Waals surface area contributed by atoms with Crippen molar-refractivity contribution in [1.29, 1.82) is 0 Å². The summed E-state index contributed by atoms with van der Waals surface area (Å²) in [5.41, 5.74) is 0. The Morgan fingerprint density at radius 2 is 2.36 bits per heavy atom. The van der Waals surface area contributed by atoms with Gasteiger partial charge >= 0.3 is 5.97 Å². The Morgan fingerprint density at radius 3 is 2.93 bits per heavy atom. The molecule has 1 fully saturated rings. The summed E-state index contributed by atoms with van der Waals surface area (Å²) < 4.78 is 0.719. The molecule has 1 aromatic heterocycles. The van der Waals surface area contributed by atoms with E-state index in [1.807, 2.05) is 12.1 Å². The second-order valence-electron chi connectivity index (χ2n) is 3.35. The van der Waals surface area contributed by atoms with Gasteiger partial charge in [0.05, 0.1) is 10.3 Å². The van der Waals surface area contributed by atoms with Crippen LogP contribution in [0.3, 0.4) is 0 Å². The van der Waals surface area contributed by atoms with Crippen LogP contribution in [0.5, 0.6) is 0 Å². The number of halogens is 1. The minimum absolute atomic E-state index is 0.0741. The Morgan fingerprint density at radius 1 is 1.57 bits per heavy atom. The van der Waals surface area contributed by atoms with E-state index in [0.29, 0.717) is 6.54 Å². The van der Waals surface area contributed by atoms with Crippen LogP contribution < -0.4 is 5.32 Å². The topological polar surface area (TPSA) is 49.3 Å². The number of carboxylic acids is 1. The highest BCUT2D eigenvalue weighted by atomic mass is 35.5. The summed E-state index contributed by atoms with van der Waals surface area (Å²) in [7, 11) is 0. The molecule has 3 nitrogen and oxygen atoms in total. The lowest BCUT2D eigenvalue weighted by Gasteiger charge is -2.11. The third kappa shape index (κ3) is 1.78. The minimum Gasteiger partial charge on any atom is -0.481 e. The van der Waals surface area contributed by atoms with Gasteiger partial charge in [0.1, 0.15) is 0 Å². The van der Waals surface area contributed by atoms with Crippen molar-refractivity contribution < 1.29 is 9.90 Å². The molecule has 0 spiro atoms. The van der Waals surface area contributed by atoms with Crippen molar-refractivity contribution in [3.63, 3.8) is 0 Å². The van der Waals surface area contributed by atoms with E-state index in [1.165, 1.54) is 11.3 Å². The van der Waals surface area contributed by atoms with Crippen LogP contribution in [-0.2, 0) is 4.79 Å². The lowest BCUT2D eigenvalue weighted by Crippen LogP contribution is -2.20.